The minimum atomic E-state index is -3.46. The number of carbonyl (C=O) groups excluding carboxylic acids is 1. The Morgan fingerprint density at radius 1 is 1.11 bits per heavy atom. The highest BCUT2D eigenvalue weighted by atomic mass is 32.2. The molecule has 2 aliphatic rings. The number of carbonyl (C=O) groups is 1. The van der Waals surface area contributed by atoms with Gasteiger partial charge in [0.2, 0.25) is 10.0 Å². The Bertz CT molecular complexity index is 1400. The van der Waals surface area contributed by atoms with Gasteiger partial charge < -0.3 is 19.4 Å². The maximum Gasteiger partial charge on any atom is 0.260 e. The predicted molar refractivity (Wildman–Crippen MR) is 132 cm³/mol. The number of pyridine rings is 1. The second-order valence-electron chi connectivity index (χ2n) is 8.77. The number of rotatable bonds is 8. The quantitative estimate of drug-likeness (QED) is 0.485. The van der Waals surface area contributed by atoms with Crippen LogP contribution in [0.5, 0.6) is 5.75 Å². The molecule has 0 atom stereocenters. The van der Waals surface area contributed by atoms with Crippen molar-refractivity contribution in [3.8, 4) is 17.3 Å². The van der Waals surface area contributed by atoms with Crippen molar-refractivity contribution >= 4 is 21.7 Å². The summed E-state index contributed by atoms with van der Waals surface area (Å²) in [5, 5.41) is 11.3. The number of ether oxygens (including phenoxy) is 2. The van der Waals surface area contributed by atoms with Crippen LogP contribution in [0.2, 0.25) is 0 Å². The number of amides is 1. The molecule has 1 amide bonds. The molecule has 0 aliphatic carbocycles. The molecule has 1 N–H and O–H groups in total. The number of hydrogen-bond donors (Lipinski definition) is 1. The van der Waals surface area contributed by atoms with E-state index in [1.165, 1.54) is 18.5 Å². The van der Waals surface area contributed by atoms with Crippen molar-refractivity contribution in [2.75, 3.05) is 38.4 Å². The Morgan fingerprint density at radius 3 is 2.78 bits per heavy atom. The van der Waals surface area contributed by atoms with Gasteiger partial charge >= 0.3 is 0 Å². The molecule has 0 spiro atoms. The summed E-state index contributed by atoms with van der Waals surface area (Å²) in [6.07, 6.45) is 2.45. The molecule has 12 heteroatoms. The van der Waals surface area contributed by atoms with E-state index in [9.17, 15) is 13.2 Å². The molecule has 1 aromatic carbocycles. The fourth-order valence-electron chi connectivity index (χ4n) is 4.61. The number of aromatic nitrogens is 4. The minimum absolute atomic E-state index is 0.0837. The van der Waals surface area contributed by atoms with Crippen molar-refractivity contribution < 1.29 is 22.7 Å². The molecular formula is C24H28N6O5S. The van der Waals surface area contributed by atoms with E-state index in [-0.39, 0.29) is 18.9 Å². The summed E-state index contributed by atoms with van der Waals surface area (Å²) in [7, 11) is -0.482. The molecule has 0 saturated heterocycles. The first kappa shape index (κ1) is 24.3. The SMILES string of the molecule is COCCS(=O)(=O)N1CCc2cc(OC)c(C(=O)Nc3cccc(-c4nnc5n4CCC5)n3)cc2C1. The molecule has 3 aromatic rings. The molecule has 0 saturated carbocycles. The average Bonchev–Trinajstić information content (AvgIpc) is 3.51. The molecule has 2 aromatic heterocycles. The van der Waals surface area contributed by atoms with Gasteiger partial charge in [-0.25, -0.2) is 13.4 Å². The molecule has 0 unspecified atom stereocenters. The number of sulfonamides is 1. The highest BCUT2D eigenvalue weighted by Gasteiger charge is 2.28. The fraction of sp³-hybridized carbons (Fsp3) is 0.417. The number of fused-ring (bicyclic) bond motifs is 2. The van der Waals surface area contributed by atoms with Gasteiger partial charge in [0, 0.05) is 33.2 Å². The summed E-state index contributed by atoms with van der Waals surface area (Å²) in [5.41, 5.74) is 2.67. The zero-order chi connectivity index (χ0) is 25.3. The first-order chi connectivity index (χ1) is 17.4. The van der Waals surface area contributed by atoms with Crippen molar-refractivity contribution in [1.82, 2.24) is 24.1 Å². The summed E-state index contributed by atoms with van der Waals surface area (Å²) >= 11 is 0. The van der Waals surface area contributed by atoms with Crippen LogP contribution in [-0.4, -0.2) is 71.5 Å². The largest absolute Gasteiger partial charge is 0.496 e. The Kier molecular flexibility index (Phi) is 6.73. The van der Waals surface area contributed by atoms with E-state index < -0.39 is 15.9 Å². The summed E-state index contributed by atoms with van der Waals surface area (Å²) in [5.74, 6) is 1.94. The second kappa shape index (κ2) is 9.96. The van der Waals surface area contributed by atoms with Crippen LogP contribution in [-0.2, 0) is 40.7 Å². The summed E-state index contributed by atoms with van der Waals surface area (Å²) in [6, 6.07) is 8.87. The lowest BCUT2D eigenvalue weighted by Gasteiger charge is -2.29. The Morgan fingerprint density at radius 2 is 1.97 bits per heavy atom. The lowest BCUT2D eigenvalue weighted by Crippen LogP contribution is -2.38. The number of methoxy groups -OCH3 is 2. The molecule has 11 nitrogen and oxygen atoms in total. The van der Waals surface area contributed by atoms with E-state index in [1.807, 2.05) is 16.7 Å². The predicted octanol–water partition coefficient (Wildman–Crippen LogP) is 1.88. The highest BCUT2D eigenvalue weighted by molar-refractivity contribution is 7.89. The lowest BCUT2D eigenvalue weighted by atomic mass is 9.97. The van der Waals surface area contributed by atoms with Crippen molar-refractivity contribution in [3.63, 3.8) is 0 Å². The maximum absolute atomic E-state index is 13.3. The average molecular weight is 513 g/mol. The van der Waals surface area contributed by atoms with Gasteiger partial charge in [0.1, 0.15) is 23.1 Å². The van der Waals surface area contributed by atoms with Crippen LogP contribution in [0.3, 0.4) is 0 Å². The van der Waals surface area contributed by atoms with Crippen molar-refractivity contribution in [2.24, 2.45) is 0 Å². The van der Waals surface area contributed by atoms with Crippen molar-refractivity contribution in [2.45, 2.75) is 32.4 Å². The van der Waals surface area contributed by atoms with Gasteiger partial charge in [-0.15, -0.1) is 10.2 Å². The lowest BCUT2D eigenvalue weighted by molar-refractivity contribution is 0.102. The molecule has 0 fully saturated rings. The molecule has 36 heavy (non-hydrogen) atoms. The van der Waals surface area contributed by atoms with Crippen LogP contribution in [0.25, 0.3) is 11.5 Å². The monoisotopic (exact) mass is 512 g/mol. The van der Waals surface area contributed by atoms with Crippen LogP contribution in [0.1, 0.15) is 33.7 Å². The molecule has 5 rings (SSSR count). The standard InChI is InChI=1S/C24H28N6O5S/c1-34-11-12-36(32,33)29-10-8-16-14-20(35-2)18(13-17(16)15-29)24(31)26-21-6-3-5-19(25-21)23-28-27-22-7-4-9-30(22)23/h3,5-6,13-14H,4,7-12,15H2,1-2H3,(H,25,26,31). The smallest absolute Gasteiger partial charge is 0.260 e. The third kappa shape index (κ3) is 4.71. The van der Waals surface area contributed by atoms with E-state index in [4.69, 9.17) is 9.47 Å². The molecule has 0 radical (unpaired) electrons. The van der Waals surface area contributed by atoms with Gasteiger partial charge in [0.05, 0.1) is 25.0 Å². The highest BCUT2D eigenvalue weighted by Crippen LogP contribution is 2.30. The van der Waals surface area contributed by atoms with Gasteiger partial charge in [0.25, 0.3) is 5.91 Å². The number of aryl methyl sites for hydroxylation is 1. The zero-order valence-electron chi connectivity index (χ0n) is 20.2. The van der Waals surface area contributed by atoms with Crippen LogP contribution >= 0.6 is 0 Å². The van der Waals surface area contributed by atoms with Crippen LogP contribution in [0.15, 0.2) is 30.3 Å². The number of nitrogens with zero attached hydrogens (tertiary/aromatic N) is 5. The third-order valence-corrected chi connectivity index (χ3v) is 8.29. The van der Waals surface area contributed by atoms with Crippen LogP contribution in [0.4, 0.5) is 5.82 Å². The molecule has 0 bridgehead atoms. The van der Waals surface area contributed by atoms with E-state index in [1.54, 1.807) is 18.2 Å². The number of anilines is 1. The first-order valence-electron chi connectivity index (χ1n) is 11.8. The topological polar surface area (TPSA) is 129 Å². The molecular weight excluding hydrogens is 484 g/mol. The zero-order valence-corrected chi connectivity index (χ0v) is 21.0. The van der Waals surface area contributed by atoms with Gasteiger partial charge in [-0.1, -0.05) is 6.07 Å². The third-order valence-electron chi connectivity index (χ3n) is 6.51. The van der Waals surface area contributed by atoms with Crippen molar-refractivity contribution in [3.05, 3.63) is 52.8 Å². The van der Waals surface area contributed by atoms with E-state index in [2.05, 4.69) is 20.5 Å². The fourth-order valence-corrected chi connectivity index (χ4v) is 5.96. The summed E-state index contributed by atoms with van der Waals surface area (Å²) in [6.45, 7) is 1.54. The Balaban J connectivity index is 1.38. The van der Waals surface area contributed by atoms with Gasteiger partial charge in [-0.3, -0.25) is 4.79 Å². The summed E-state index contributed by atoms with van der Waals surface area (Å²) < 4.78 is 39.2. The number of benzene rings is 1. The van der Waals surface area contributed by atoms with Crippen LogP contribution in [0, 0.1) is 0 Å². The number of nitrogens with one attached hydrogen (secondary N) is 1. The van der Waals surface area contributed by atoms with E-state index >= 15 is 0 Å². The van der Waals surface area contributed by atoms with Crippen molar-refractivity contribution in [1.29, 1.82) is 0 Å². The van der Waals surface area contributed by atoms with Crippen LogP contribution < -0.4 is 10.1 Å². The second-order valence-corrected chi connectivity index (χ2v) is 10.9. The van der Waals surface area contributed by atoms with Gasteiger partial charge in [0.15, 0.2) is 5.82 Å². The van der Waals surface area contributed by atoms with E-state index in [0.29, 0.717) is 41.6 Å². The molecule has 2 aliphatic heterocycles. The van der Waals surface area contributed by atoms with Gasteiger partial charge in [-0.05, 0) is 48.2 Å². The maximum atomic E-state index is 13.3. The molecule has 4 heterocycles. The minimum Gasteiger partial charge on any atom is -0.496 e. The first-order valence-corrected chi connectivity index (χ1v) is 13.4. The van der Waals surface area contributed by atoms with E-state index in [0.717, 1.165) is 36.3 Å². The number of hydrogen-bond acceptors (Lipinski definition) is 8. The molecule has 190 valence electrons. The Hall–Kier alpha value is -3.35. The normalized spacial score (nSPS) is 15.4. The van der Waals surface area contributed by atoms with Gasteiger partial charge in [-0.2, -0.15) is 4.31 Å². The Labute approximate surface area is 209 Å². The summed E-state index contributed by atoms with van der Waals surface area (Å²) in [4.78, 5) is 17.9.